The Morgan fingerprint density at radius 2 is 1.83 bits per heavy atom. The monoisotopic (exact) mass is 431 g/mol. The summed E-state index contributed by atoms with van der Waals surface area (Å²) in [5.41, 5.74) is 1.17. The van der Waals surface area contributed by atoms with Crippen LogP contribution < -0.4 is 4.90 Å². The van der Waals surface area contributed by atoms with E-state index in [0.717, 1.165) is 17.8 Å². The van der Waals surface area contributed by atoms with E-state index < -0.39 is 11.6 Å². The number of thioether (sulfide) groups is 1. The van der Waals surface area contributed by atoms with Crippen LogP contribution >= 0.6 is 11.8 Å². The standard InChI is InChI=1S/C22H23F2N3O2S/c23-16-6-7-19(24)18(14-16)20-8-9-25(12-13-30-20)21(28)15-26-10-11-27(22(26)29)17-4-2-1-3-5-17/h1-7,14,20H,8-13,15H2. The first-order valence-electron chi connectivity index (χ1n) is 9.99. The third-order valence-corrected chi connectivity index (χ3v) is 6.80. The highest BCUT2D eigenvalue weighted by molar-refractivity contribution is 7.99. The summed E-state index contributed by atoms with van der Waals surface area (Å²) in [6.07, 6.45) is 0.543. The van der Waals surface area contributed by atoms with E-state index >= 15 is 0 Å². The summed E-state index contributed by atoms with van der Waals surface area (Å²) in [5.74, 6) is -0.354. The molecule has 4 rings (SSSR count). The molecule has 0 radical (unpaired) electrons. The minimum atomic E-state index is -0.459. The zero-order valence-electron chi connectivity index (χ0n) is 16.5. The van der Waals surface area contributed by atoms with E-state index in [2.05, 4.69) is 0 Å². The summed E-state index contributed by atoms with van der Waals surface area (Å²) < 4.78 is 27.7. The molecule has 2 heterocycles. The Labute approximate surface area is 178 Å². The number of urea groups is 1. The normalized spacial score (nSPS) is 19.9. The molecular weight excluding hydrogens is 408 g/mol. The molecule has 0 saturated carbocycles. The fourth-order valence-corrected chi connectivity index (χ4v) is 5.11. The van der Waals surface area contributed by atoms with Crippen molar-refractivity contribution < 1.29 is 18.4 Å². The lowest BCUT2D eigenvalue weighted by molar-refractivity contribution is -0.131. The lowest BCUT2D eigenvalue weighted by Gasteiger charge is -2.24. The summed E-state index contributed by atoms with van der Waals surface area (Å²) in [6, 6.07) is 12.7. The molecule has 2 saturated heterocycles. The molecule has 8 heteroatoms. The molecule has 0 aliphatic carbocycles. The average molecular weight is 432 g/mol. The summed E-state index contributed by atoms with van der Waals surface area (Å²) in [6.45, 7) is 2.07. The van der Waals surface area contributed by atoms with Crippen LogP contribution in [0, 0.1) is 11.6 Å². The van der Waals surface area contributed by atoms with E-state index in [0.29, 0.717) is 43.9 Å². The Hall–Kier alpha value is -2.61. The molecule has 0 bridgehead atoms. The van der Waals surface area contributed by atoms with Crippen LogP contribution in [0.2, 0.25) is 0 Å². The quantitative estimate of drug-likeness (QED) is 0.737. The van der Waals surface area contributed by atoms with E-state index in [-0.39, 0.29) is 23.7 Å². The molecule has 0 aromatic heterocycles. The Balaban J connectivity index is 1.35. The van der Waals surface area contributed by atoms with Crippen LogP contribution in [0.3, 0.4) is 0 Å². The number of hydrogen-bond acceptors (Lipinski definition) is 3. The van der Waals surface area contributed by atoms with Gasteiger partial charge in [0, 0.05) is 48.4 Å². The van der Waals surface area contributed by atoms with Crippen LogP contribution in [0.25, 0.3) is 0 Å². The van der Waals surface area contributed by atoms with Gasteiger partial charge >= 0.3 is 6.03 Å². The molecule has 1 unspecified atom stereocenters. The van der Waals surface area contributed by atoms with Gasteiger partial charge in [-0.3, -0.25) is 9.69 Å². The highest BCUT2D eigenvalue weighted by atomic mass is 32.2. The lowest BCUT2D eigenvalue weighted by atomic mass is 10.1. The number of hydrogen-bond donors (Lipinski definition) is 0. The van der Waals surface area contributed by atoms with Crippen molar-refractivity contribution >= 4 is 29.4 Å². The second-order valence-corrected chi connectivity index (χ2v) is 8.70. The van der Waals surface area contributed by atoms with Crippen molar-refractivity contribution in [2.75, 3.05) is 43.4 Å². The third kappa shape index (κ3) is 4.43. The molecule has 30 heavy (non-hydrogen) atoms. The molecule has 0 N–H and O–H groups in total. The minimum Gasteiger partial charge on any atom is -0.340 e. The number of amides is 3. The predicted octanol–water partition coefficient (Wildman–Crippen LogP) is 3.91. The second kappa shape index (κ2) is 9.04. The van der Waals surface area contributed by atoms with Gasteiger partial charge in [-0.15, -0.1) is 0 Å². The van der Waals surface area contributed by atoms with Gasteiger partial charge in [0.15, 0.2) is 0 Å². The first-order valence-corrected chi connectivity index (χ1v) is 11.0. The van der Waals surface area contributed by atoms with Gasteiger partial charge in [0.25, 0.3) is 0 Å². The first kappa shape index (κ1) is 20.7. The number of halogens is 2. The smallest absolute Gasteiger partial charge is 0.325 e. The van der Waals surface area contributed by atoms with Crippen LogP contribution in [-0.4, -0.2) is 60.2 Å². The number of carbonyl (C=O) groups is 2. The van der Waals surface area contributed by atoms with Crippen LogP contribution in [0.4, 0.5) is 19.3 Å². The molecule has 1 atom stereocenters. The van der Waals surface area contributed by atoms with E-state index in [1.165, 1.54) is 17.8 Å². The Bertz CT molecular complexity index is 928. The molecule has 2 fully saturated rings. The van der Waals surface area contributed by atoms with E-state index in [1.54, 1.807) is 14.7 Å². The molecule has 158 valence electrons. The van der Waals surface area contributed by atoms with Crippen LogP contribution in [0.15, 0.2) is 48.5 Å². The molecule has 5 nitrogen and oxygen atoms in total. The molecule has 0 spiro atoms. The van der Waals surface area contributed by atoms with Gasteiger partial charge in [0.05, 0.1) is 0 Å². The number of rotatable bonds is 4. The summed E-state index contributed by atoms with van der Waals surface area (Å²) in [5, 5.41) is -0.194. The summed E-state index contributed by atoms with van der Waals surface area (Å²) in [7, 11) is 0. The Morgan fingerprint density at radius 1 is 1.03 bits per heavy atom. The summed E-state index contributed by atoms with van der Waals surface area (Å²) in [4.78, 5) is 30.5. The fraction of sp³-hybridized carbons (Fsp3) is 0.364. The van der Waals surface area contributed by atoms with Gasteiger partial charge in [-0.1, -0.05) is 18.2 Å². The SMILES string of the molecule is O=C(CN1CCN(c2ccccc2)C1=O)N1CCSC(c2cc(F)ccc2F)CC1. The highest BCUT2D eigenvalue weighted by Gasteiger charge is 2.32. The van der Waals surface area contributed by atoms with Gasteiger partial charge in [-0.25, -0.2) is 13.6 Å². The van der Waals surface area contributed by atoms with E-state index in [1.807, 2.05) is 30.3 Å². The van der Waals surface area contributed by atoms with Gasteiger partial charge in [0.2, 0.25) is 5.91 Å². The Kier molecular flexibility index (Phi) is 6.22. The lowest BCUT2D eigenvalue weighted by Crippen LogP contribution is -2.43. The van der Waals surface area contributed by atoms with Gasteiger partial charge in [0.1, 0.15) is 18.2 Å². The van der Waals surface area contributed by atoms with Crippen molar-refractivity contribution in [3.05, 3.63) is 65.7 Å². The van der Waals surface area contributed by atoms with Crippen molar-refractivity contribution in [1.82, 2.24) is 9.80 Å². The summed E-state index contributed by atoms with van der Waals surface area (Å²) >= 11 is 1.53. The zero-order valence-corrected chi connectivity index (χ0v) is 17.3. The van der Waals surface area contributed by atoms with E-state index in [9.17, 15) is 18.4 Å². The van der Waals surface area contributed by atoms with Crippen molar-refractivity contribution in [2.24, 2.45) is 0 Å². The van der Waals surface area contributed by atoms with Gasteiger partial charge < -0.3 is 9.80 Å². The maximum atomic E-state index is 14.1. The predicted molar refractivity (Wildman–Crippen MR) is 114 cm³/mol. The van der Waals surface area contributed by atoms with Crippen LogP contribution in [0.1, 0.15) is 17.2 Å². The molecule has 2 aliphatic heterocycles. The molecule has 2 aromatic carbocycles. The number of carbonyl (C=O) groups excluding carboxylic acids is 2. The highest BCUT2D eigenvalue weighted by Crippen LogP contribution is 2.36. The number of anilines is 1. The van der Waals surface area contributed by atoms with Gasteiger partial charge in [-0.05, 0) is 36.8 Å². The average Bonchev–Trinajstić information content (AvgIpc) is 2.96. The third-order valence-electron chi connectivity index (χ3n) is 5.49. The van der Waals surface area contributed by atoms with Crippen molar-refractivity contribution in [2.45, 2.75) is 11.7 Å². The maximum absolute atomic E-state index is 14.1. The minimum absolute atomic E-state index is 0.0336. The number of nitrogens with zero attached hydrogens (tertiary/aromatic N) is 3. The topological polar surface area (TPSA) is 43.9 Å². The molecule has 2 aliphatic rings. The van der Waals surface area contributed by atoms with Crippen LogP contribution in [0.5, 0.6) is 0 Å². The van der Waals surface area contributed by atoms with Crippen molar-refractivity contribution in [1.29, 1.82) is 0 Å². The van der Waals surface area contributed by atoms with Crippen molar-refractivity contribution in [3.8, 4) is 0 Å². The van der Waals surface area contributed by atoms with Gasteiger partial charge in [-0.2, -0.15) is 11.8 Å². The fourth-order valence-electron chi connectivity index (χ4n) is 3.87. The number of benzene rings is 2. The number of para-hydroxylation sites is 1. The second-order valence-electron chi connectivity index (χ2n) is 7.39. The first-order chi connectivity index (χ1) is 14.5. The van der Waals surface area contributed by atoms with Crippen LogP contribution in [-0.2, 0) is 4.79 Å². The molecular formula is C22H23F2N3O2S. The largest absolute Gasteiger partial charge is 0.340 e. The molecule has 2 aromatic rings. The molecule has 3 amide bonds. The zero-order chi connectivity index (χ0) is 21.1. The Morgan fingerprint density at radius 3 is 2.63 bits per heavy atom. The van der Waals surface area contributed by atoms with E-state index in [4.69, 9.17) is 0 Å². The van der Waals surface area contributed by atoms with Crippen molar-refractivity contribution in [3.63, 3.8) is 0 Å². The maximum Gasteiger partial charge on any atom is 0.325 e.